The van der Waals surface area contributed by atoms with Crippen LogP contribution in [0.2, 0.25) is 0 Å². The van der Waals surface area contributed by atoms with Crippen molar-refractivity contribution in [2.75, 3.05) is 5.33 Å². The fourth-order valence-corrected chi connectivity index (χ4v) is 1.83. The van der Waals surface area contributed by atoms with E-state index in [9.17, 15) is 20.0 Å². The average Bonchev–Trinajstić information content (AvgIpc) is 2.34. The summed E-state index contributed by atoms with van der Waals surface area (Å²) in [5, 5.41) is 29.6. The quantitative estimate of drug-likeness (QED) is 0.475. The number of benzene rings is 1. The maximum Gasteiger partial charge on any atom is 0.337 e. The van der Waals surface area contributed by atoms with Crippen molar-refractivity contribution in [1.82, 2.24) is 0 Å². The van der Waals surface area contributed by atoms with Gasteiger partial charge in [-0.15, -0.1) is 0 Å². The molecule has 1 atom stereocenters. The molecule has 6 nitrogen and oxygen atoms in total. The lowest BCUT2D eigenvalue weighted by Gasteiger charge is -2.08. The summed E-state index contributed by atoms with van der Waals surface area (Å²) >= 11 is 3.23. The standard InChI is InChI=1S/C11H12BrNO5/c12-5-1-2-7-6-8(10(14)11(15)16)3-4-9(7)13(17)18/h3-4,6,10,14H,1-2,5H2,(H,15,16). The van der Waals surface area contributed by atoms with Crippen LogP contribution in [-0.4, -0.2) is 26.4 Å². The van der Waals surface area contributed by atoms with Gasteiger partial charge in [0.2, 0.25) is 0 Å². The SMILES string of the molecule is O=C(O)C(O)c1ccc([N+](=O)[O-])c(CCCBr)c1. The number of carboxylic acids is 1. The van der Waals surface area contributed by atoms with Gasteiger partial charge in [0.25, 0.3) is 5.69 Å². The van der Waals surface area contributed by atoms with Gasteiger partial charge in [0.1, 0.15) is 0 Å². The molecule has 1 rings (SSSR count). The summed E-state index contributed by atoms with van der Waals surface area (Å²) in [4.78, 5) is 21.0. The number of nitrogens with zero attached hydrogens (tertiary/aromatic N) is 1. The summed E-state index contributed by atoms with van der Waals surface area (Å²) in [6.45, 7) is 0. The number of carbonyl (C=O) groups is 1. The highest BCUT2D eigenvalue weighted by molar-refractivity contribution is 9.09. The van der Waals surface area contributed by atoms with Gasteiger partial charge in [-0.2, -0.15) is 0 Å². The number of hydrogen-bond acceptors (Lipinski definition) is 4. The van der Waals surface area contributed by atoms with Gasteiger partial charge < -0.3 is 10.2 Å². The molecule has 0 aliphatic heterocycles. The molecule has 0 heterocycles. The van der Waals surface area contributed by atoms with Crippen LogP contribution in [0.3, 0.4) is 0 Å². The van der Waals surface area contributed by atoms with Crippen LogP contribution in [0, 0.1) is 10.1 Å². The molecule has 0 radical (unpaired) electrons. The summed E-state index contributed by atoms with van der Waals surface area (Å²) < 4.78 is 0. The number of hydrogen-bond donors (Lipinski definition) is 2. The molecule has 0 amide bonds. The highest BCUT2D eigenvalue weighted by Gasteiger charge is 2.20. The van der Waals surface area contributed by atoms with Gasteiger partial charge in [0.05, 0.1) is 4.92 Å². The van der Waals surface area contributed by atoms with Crippen molar-refractivity contribution in [1.29, 1.82) is 0 Å². The van der Waals surface area contributed by atoms with Gasteiger partial charge in [0.15, 0.2) is 6.10 Å². The van der Waals surface area contributed by atoms with Crippen molar-refractivity contribution in [2.45, 2.75) is 18.9 Å². The van der Waals surface area contributed by atoms with E-state index in [-0.39, 0.29) is 11.3 Å². The Morgan fingerprint density at radius 3 is 2.67 bits per heavy atom. The summed E-state index contributed by atoms with van der Waals surface area (Å²) in [5.41, 5.74) is 0.521. The Kier molecular flexibility index (Phi) is 5.24. The van der Waals surface area contributed by atoms with E-state index in [1.807, 2.05) is 0 Å². The second-order valence-electron chi connectivity index (χ2n) is 3.68. The number of halogens is 1. The molecule has 0 aliphatic carbocycles. The molecule has 0 fully saturated rings. The fourth-order valence-electron chi connectivity index (χ4n) is 1.55. The van der Waals surface area contributed by atoms with Crippen LogP contribution in [0.15, 0.2) is 18.2 Å². The first-order valence-electron chi connectivity index (χ1n) is 5.21. The molecule has 0 saturated heterocycles. The zero-order valence-corrected chi connectivity index (χ0v) is 11.0. The third-order valence-corrected chi connectivity index (χ3v) is 2.99. The molecule has 18 heavy (non-hydrogen) atoms. The molecule has 0 aliphatic rings. The van der Waals surface area contributed by atoms with Crippen LogP contribution in [-0.2, 0) is 11.2 Å². The van der Waals surface area contributed by atoms with Crippen molar-refractivity contribution in [3.05, 3.63) is 39.4 Å². The molecule has 0 saturated carbocycles. The largest absolute Gasteiger partial charge is 0.479 e. The van der Waals surface area contributed by atoms with Crippen LogP contribution >= 0.6 is 15.9 Å². The highest BCUT2D eigenvalue weighted by atomic mass is 79.9. The van der Waals surface area contributed by atoms with Crippen molar-refractivity contribution >= 4 is 27.6 Å². The number of aryl methyl sites for hydroxylation is 1. The predicted molar refractivity (Wildman–Crippen MR) is 67.8 cm³/mol. The molecule has 1 unspecified atom stereocenters. The lowest BCUT2D eigenvalue weighted by atomic mass is 10.0. The van der Waals surface area contributed by atoms with E-state index < -0.39 is 17.0 Å². The topological polar surface area (TPSA) is 101 Å². The maximum atomic E-state index is 10.8. The third kappa shape index (κ3) is 3.51. The smallest absolute Gasteiger partial charge is 0.337 e. The van der Waals surface area contributed by atoms with E-state index in [0.29, 0.717) is 23.7 Å². The van der Waals surface area contributed by atoms with E-state index in [4.69, 9.17) is 5.11 Å². The molecule has 1 aromatic rings. The molecule has 0 spiro atoms. The van der Waals surface area contributed by atoms with Crippen LogP contribution in [0.1, 0.15) is 23.7 Å². The predicted octanol–water partition coefficient (Wildman–Crippen LogP) is 2.04. The number of alkyl halides is 1. The second kappa shape index (κ2) is 6.46. The van der Waals surface area contributed by atoms with Crippen molar-refractivity contribution in [2.24, 2.45) is 0 Å². The van der Waals surface area contributed by atoms with Crippen LogP contribution in [0.5, 0.6) is 0 Å². The van der Waals surface area contributed by atoms with E-state index in [1.54, 1.807) is 0 Å². The lowest BCUT2D eigenvalue weighted by molar-refractivity contribution is -0.385. The Morgan fingerprint density at radius 1 is 1.50 bits per heavy atom. The zero-order valence-electron chi connectivity index (χ0n) is 9.38. The van der Waals surface area contributed by atoms with Gasteiger partial charge in [-0.3, -0.25) is 10.1 Å². The Hall–Kier alpha value is -1.47. The van der Waals surface area contributed by atoms with E-state index in [0.717, 1.165) is 0 Å². The number of rotatable bonds is 6. The normalized spacial score (nSPS) is 12.1. The number of aliphatic hydroxyl groups is 1. The van der Waals surface area contributed by atoms with Crippen molar-refractivity contribution in [3.8, 4) is 0 Å². The molecule has 0 aromatic heterocycles. The van der Waals surface area contributed by atoms with E-state index >= 15 is 0 Å². The van der Waals surface area contributed by atoms with E-state index in [1.165, 1.54) is 18.2 Å². The summed E-state index contributed by atoms with van der Waals surface area (Å²) in [5.74, 6) is -1.38. The van der Waals surface area contributed by atoms with Crippen LogP contribution in [0.25, 0.3) is 0 Å². The van der Waals surface area contributed by atoms with Crippen LogP contribution < -0.4 is 0 Å². The van der Waals surface area contributed by atoms with Gasteiger partial charge in [-0.05, 0) is 30.5 Å². The average molecular weight is 318 g/mol. The minimum absolute atomic E-state index is 0.0581. The Morgan fingerprint density at radius 2 is 2.17 bits per heavy atom. The molecular weight excluding hydrogens is 306 g/mol. The minimum atomic E-state index is -1.66. The van der Waals surface area contributed by atoms with Crippen molar-refractivity contribution in [3.63, 3.8) is 0 Å². The molecule has 98 valence electrons. The van der Waals surface area contributed by atoms with Gasteiger partial charge in [-0.25, -0.2) is 4.79 Å². The fraction of sp³-hybridized carbons (Fsp3) is 0.364. The van der Waals surface area contributed by atoms with Gasteiger partial charge in [0, 0.05) is 17.0 Å². The third-order valence-electron chi connectivity index (χ3n) is 2.43. The molecule has 2 N–H and O–H groups in total. The molecular formula is C11H12BrNO5. The molecule has 0 bridgehead atoms. The number of nitro groups is 1. The number of aliphatic carboxylic acids is 1. The Labute approximate surface area is 112 Å². The van der Waals surface area contributed by atoms with Crippen LogP contribution in [0.4, 0.5) is 5.69 Å². The summed E-state index contributed by atoms with van der Waals surface area (Å²) in [7, 11) is 0. The molecule has 1 aromatic carbocycles. The van der Waals surface area contributed by atoms with Gasteiger partial charge >= 0.3 is 5.97 Å². The maximum absolute atomic E-state index is 10.8. The Balaban J connectivity index is 3.12. The monoisotopic (exact) mass is 317 g/mol. The zero-order chi connectivity index (χ0) is 13.7. The Bertz CT molecular complexity index is 463. The first-order chi connectivity index (χ1) is 8.47. The van der Waals surface area contributed by atoms with Gasteiger partial charge in [-0.1, -0.05) is 15.9 Å². The first kappa shape index (κ1) is 14.6. The summed E-state index contributed by atoms with van der Waals surface area (Å²) in [6.07, 6.45) is -0.525. The molecule has 7 heteroatoms. The minimum Gasteiger partial charge on any atom is -0.479 e. The number of aliphatic hydroxyl groups excluding tert-OH is 1. The number of carboxylic acid groups (broad SMARTS) is 1. The summed E-state index contributed by atoms with van der Waals surface area (Å²) in [6, 6.07) is 3.86. The number of nitro benzene ring substituents is 1. The lowest BCUT2D eigenvalue weighted by Crippen LogP contribution is -2.11. The van der Waals surface area contributed by atoms with E-state index in [2.05, 4.69) is 15.9 Å². The second-order valence-corrected chi connectivity index (χ2v) is 4.47. The first-order valence-corrected chi connectivity index (χ1v) is 6.33. The highest BCUT2D eigenvalue weighted by Crippen LogP contribution is 2.25. The van der Waals surface area contributed by atoms with Crippen molar-refractivity contribution < 1.29 is 19.9 Å².